The van der Waals surface area contributed by atoms with Crippen molar-refractivity contribution in [2.24, 2.45) is 10.6 Å². The molecule has 1 fully saturated rings. The number of oxime groups is 1. The van der Waals surface area contributed by atoms with E-state index in [1.807, 2.05) is 4.90 Å². The molecule has 21 heavy (non-hydrogen) atoms. The number of nitrogens with zero attached hydrogens (tertiary/aromatic N) is 2. The zero-order valence-corrected chi connectivity index (χ0v) is 13.2. The maximum Gasteiger partial charge on any atom is 0.271 e. The van der Waals surface area contributed by atoms with Gasteiger partial charge in [-0.15, -0.1) is 0 Å². The van der Waals surface area contributed by atoms with Crippen molar-refractivity contribution in [3.63, 3.8) is 0 Å². The van der Waals surface area contributed by atoms with Gasteiger partial charge in [0.25, 0.3) is 5.91 Å². The monoisotopic (exact) mass is 298 g/mol. The Labute approximate surface area is 126 Å². The Hall–Kier alpha value is -1.14. The summed E-state index contributed by atoms with van der Waals surface area (Å²) in [6, 6.07) is 0. The number of carbonyl (C=O) groups excluding carboxylic acids is 1. The van der Waals surface area contributed by atoms with Crippen LogP contribution in [0, 0.1) is 5.41 Å². The number of amides is 1. The minimum Gasteiger partial charge on any atom is -0.394 e. The minimum atomic E-state index is -0.0260. The molecule has 0 aromatic heterocycles. The van der Waals surface area contributed by atoms with Gasteiger partial charge in [0.2, 0.25) is 0 Å². The quantitative estimate of drug-likeness (QED) is 0.846. The van der Waals surface area contributed by atoms with E-state index in [1.54, 1.807) is 0 Å². The van der Waals surface area contributed by atoms with Crippen LogP contribution in [0.2, 0.25) is 0 Å². The fourth-order valence-electron chi connectivity index (χ4n) is 2.60. The van der Waals surface area contributed by atoms with E-state index in [0.29, 0.717) is 31.8 Å². The van der Waals surface area contributed by atoms with Gasteiger partial charge in [0.05, 0.1) is 19.3 Å². The standard InChI is InChI=1S/C15H26N2O4/c1-15(2,3)13-10-12(16-21-13)14(19)17-6-4-11(5-7-17)20-9-8-18/h11,13,18H,4-10H2,1-3H3. The summed E-state index contributed by atoms with van der Waals surface area (Å²) in [5.41, 5.74) is 0.515. The first-order valence-electron chi connectivity index (χ1n) is 7.66. The Morgan fingerprint density at radius 3 is 2.62 bits per heavy atom. The SMILES string of the molecule is CC(C)(C)C1CC(C(=O)N2CCC(OCCO)CC2)=NO1. The average molecular weight is 298 g/mol. The zero-order chi connectivity index (χ0) is 15.5. The number of likely N-dealkylation sites (tertiary alicyclic amines) is 1. The zero-order valence-electron chi connectivity index (χ0n) is 13.2. The number of rotatable bonds is 4. The molecular formula is C15H26N2O4. The van der Waals surface area contributed by atoms with Gasteiger partial charge in [0.15, 0.2) is 0 Å². The van der Waals surface area contributed by atoms with Crippen LogP contribution >= 0.6 is 0 Å². The van der Waals surface area contributed by atoms with Crippen molar-refractivity contribution in [2.45, 2.75) is 52.2 Å². The normalized spacial score (nSPS) is 23.9. The van der Waals surface area contributed by atoms with E-state index in [-0.39, 0.29) is 30.1 Å². The number of aliphatic hydroxyl groups excluding tert-OH is 1. The lowest BCUT2D eigenvalue weighted by atomic mass is 9.86. The van der Waals surface area contributed by atoms with Gasteiger partial charge in [-0.3, -0.25) is 4.79 Å². The van der Waals surface area contributed by atoms with Crippen LogP contribution in [0.5, 0.6) is 0 Å². The fraction of sp³-hybridized carbons (Fsp3) is 0.867. The molecule has 0 radical (unpaired) electrons. The highest BCUT2D eigenvalue weighted by Crippen LogP contribution is 2.29. The molecule has 0 bridgehead atoms. The van der Waals surface area contributed by atoms with Crippen LogP contribution in [-0.2, 0) is 14.4 Å². The average Bonchev–Trinajstić information content (AvgIpc) is 2.95. The molecule has 1 saturated heterocycles. The topological polar surface area (TPSA) is 71.4 Å². The molecular weight excluding hydrogens is 272 g/mol. The van der Waals surface area contributed by atoms with Gasteiger partial charge in [0.1, 0.15) is 11.8 Å². The van der Waals surface area contributed by atoms with Gasteiger partial charge < -0.3 is 19.6 Å². The Balaban J connectivity index is 1.81. The number of hydrogen-bond donors (Lipinski definition) is 1. The van der Waals surface area contributed by atoms with E-state index >= 15 is 0 Å². The van der Waals surface area contributed by atoms with E-state index in [4.69, 9.17) is 14.7 Å². The second-order valence-corrected chi connectivity index (χ2v) is 6.79. The molecule has 0 spiro atoms. The van der Waals surface area contributed by atoms with Crippen LogP contribution < -0.4 is 0 Å². The summed E-state index contributed by atoms with van der Waals surface area (Å²) in [4.78, 5) is 19.7. The van der Waals surface area contributed by atoms with Crippen molar-refractivity contribution in [1.29, 1.82) is 0 Å². The Morgan fingerprint density at radius 2 is 2.10 bits per heavy atom. The summed E-state index contributed by atoms with van der Waals surface area (Å²) in [5.74, 6) is -0.0117. The third kappa shape index (κ3) is 4.17. The van der Waals surface area contributed by atoms with E-state index in [9.17, 15) is 4.79 Å². The van der Waals surface area contributed by atoms with Gasteiger partial charge in [-0.25, -0.2) is 0 Å². The summed E-state index contributed by atoms with van der Waals surface area (Å²) in [6.45, 7) is 8.02. The number of aliphatic hydroxyl groups is 1. The van der Waals surface area contributed by atoms with E-state index < -0.39 is 0 Å². The summed E-state index contributed by atoms with van der Waals surface area (Å²) >= 11 is 0. The Kier molecular flexibility index (Phi) is 5.22. The maximum atomic E-state index is 12.4. The molecule has 1 unspecified atom stereocenters. The van der Waals surface area contributed by atoms with Crippen LogP contribution in [0.15, 0.2) is 5.16 Å². The summed E-state index contributed by atoms with van der Waals surface area (Å²) in [7, 11) is 0. The first-order chi connectivity index (χ1) is 9.91. The van der Waals surface area contributed by atoms with Crippen molar-refractivity contribution in [3.05, 3.63) is 0 Å². The second-order valence-electron chi connectivity index (χ2n) is 6.79. The molecule has 2 aliphatic heterocycles. The van der Waals surface area contributed by atoms with Crippen molar-refractivity contribution in [3.8, 4) is 0 Å². The van der Waals surface area contributed by atoms with Gasteiger partial charge in [-0.1, -0.05) is 25.9 Å². The molecule has 2 aliphatic rings. The van der Waals surface area contributed by atoms with Crippen LogP contribution in [0.25, 0.3) is 0 Å². The van der Waals surface area contributed by atoms with E-state index in [2.05, 4.69) is 25.9 Å². The molecule has 2 rings (SSSR count). The summed E-state index contributed by atoms with van der Waals surface area (Å²) in [6.07, 6.45) is 2.32. The highest BCUT2D eigenvalue weighted by atomic mass is 16.6. The minimum absolute atomic E-state index is 0.0117. The molecule has 2 heterocycles. The Bertz CT molecular complexity index is 395. The van der Waals surface area contributed by atoms with Gasteiger partial charge in [-0.05, 0) is 12.8 Å². The molecule has 6 heteroatoms. The lowest BCUT2D eigenvalue weighted by molar-refractivity contribution is -0.126. The predicted molar refractivity (Wildman–Crippen MR) is 79.0 cm³/mol. The first kappa shape index (κ1) is 16.2. The van der Waals surface area contributed by atoms with Crippen molar-refractivity contribution >= 4 is 11.6 Å². The van der Waals surface area contributed by atoms with Crippen molar-refractivity contribution in [2.75, 3.05) is 26.3 Å². The predicted octanol–water partition coefficient (Wildman–Crippen LogP) is 1.18. The molecule has 6 nitrogen and oxygen atoms in total. The number of piperidine rings is 1. The Morgan fingerprint density at radius 1 is 1.43 bits per heavy atom. The number of hydrogen-bond acceptors (Lipinski definition) is 5. The molecule has 1 N–H and O–H groups in total. The van der Waals surface area contributed by atoms with Crippen molar-refractivity contribution in [1.82, 2.24) is 4.90 Å². The highest BCUT2D eigenvalue weighted by Gasteiger charge is 2.37. The van der Waals surface area contributed by atoms with Crippen LogP contribution in [-0.4, -0.2) is 60.1 Å². The van der Waals surface area contributed by atoms with Crippen LogP contribution in [0.4, 0.5) is 0 Å². The molecule has 1 amide bonds. The van der Waals surface area contributed by atoms with Gasteiger partial charge in [0, 0.05) is 24.9 Å². The second kappa shape index (κ2) is 6.75. The molecule has 0 aromatic carbocycles. The molecule has 1 atom stereocenters. The molecule has 120 valence electrons. The third-order valence-corrected chi connectivity index (χ3v) is 4.06. The highest BCUT2D eigenvalue weighted by molar-refractivity contribution is 6.39. The fourth-order valence-corrected chi connectivity index (χ4v) is 2.60. The summed E-state index contributed by atoms with van der Waals surface area (Å²) < 4.78 is 5.50. The molecule has 0 saturated carbocycles. The molecule has 0 aromatic rings. The van der Waals surface area contributed by atoms with Gasteiger partial charge >= 0.3 is 0 Å². The van der Waals surface area contributed by atoms with E-state index in [0.717, 1.165) is 12.8 Å². The van der Waals surface area contributed by atoms with E-state index in [1.165, 1.54) is 0 Å². The lowest BCUT2D eigenvalue weighted by Crippen LogP contribution is -2.44. The van der Waals surface area contributed by atoms with Crippen molar-refractivity contribution < 1.29 is 19.5 Å². The van der Waals surface area contributed by atoms with Crippen LogP contribution in [0.3, 0.4) is 0 Å². The molecule has 0 aliphatic carbocycles. The summed E-state index contributed by atoms with van der Waals surface area (Å²) in [5, 5.41) is 12.7. The van der Waals surface area contributed by atoms with Gasteiger partial charge in [-0.2, -0.15) is 0 Å². The third-order valence-electron chi connectivity index (χ3n) is 4.06. The largest absolute Gasteiger partial charge is 0.394 e. The number of carbonyl (C=O) groups is 1. The smallest absolute Gasteiger partial charge is 0.271 e. The first-order valence-corrected chi connectivity index (χ1v) is 7.66. The maximum absolute atomic E-state index is 12.4. The lowest BCUT2D eigenvalue weighted by Gasteiger charge is -2.31. The number of ether oxygens (including phenoxy) is 1. The van der Waals surface area contributed by atoms with Crippen LogP contribution in [0.1, 0.15) is 40.0 Å².